The van der Waals surface area contributed by atoms with Gasteiger partial charge in [0.05, 0.1) is 18.0 Å². The molecule has 6 heteroatoms. The van der Waals surface area contributed by atoms with E-state index < -0.39 is 0 Å². The van der Waals surface area contributed by atoms with Gasteiger partial charge < -0.3 is 9.32 Å². The molecule has 4 rings (SSSR count). The first-order chi connectivity index (χ1) is 10.3. The zero-order valence-corrected chi connectivity index (χ0v) is 12.5. The third-order valence-electron chi connectivity index (χ3n) is 4.57. The Morgan fingerprint density at radius 3 is 3.05 bits per heavy atom. The summed E-state index contributed by atoms with van der Waals surface area (Å²) >= 11 is 1.48. The van der Waals surface area contributed by atoms with E-state index in [0.29, 0.717) is 17.8 Å². The minimum Gasteiger partial charge on any atom is -0.472 e. The van der Waals surface area contributed by atoms with E-state index in [4.69, 9.17) is 4.42 Å². The van der Waals surface area contributed by atoms with E-state index in [1.807, 2.05) is 16.3 Å². The van der Waals surface area contributed by atoms with Gasteiger partial charge in [-0.2, -0.15) is 0 Å². The van der Waals surface area contributed by atoms with Crippen LogP contribution >= 0.6 is 11.3 Å². The van der Waals surface area contributed by atoms with Crippen molar-refractivity contribution in [3.8, 4) is 0 Å². The highest BCUT2D eigenvalue weighted by Crippen LogP contribution is 2.33. The number of rotatable bonds is 3. The van der Waals surface area contributed by atoms with E-state index in [9.17, 15) is 4.79 Å². The molecule has 2 fully saturated rings. The summed E-state index contributed by atoms with van der Waals surface area (Å²) < 4.78 is 5.15. The standard InChI is InChI=1S/C15H17N3O2S/c19-15(12-9-21-10-16-12)18-5-2-13-14(18)1-4-17(13)7-11-3-6-20-8-11/h3,6,8-10,13-14H,1-2,4-5,7H2/t13-,14+/m1/s1. The van der Waals surface area contributed by atoms with Crippen LogP contribution in [0.4, 0.5) is 0 Å². The molecule has 5 nitrogen and oxygen atoms in total. The monoisotopic (exact) mass is 303 g/mol. The fourth-order valence-electron chi connectivity index (χ4n) is 3.61. The zero-order valence-electron chi connectivity index (χ0n) is 11.6. The second-order valence-electron chi connectivity index (χ2n) is 5.69. The zero-order chi connectivity index (χ0) is 14.2. The Bertz CT molecular complexity index is 611. The minimum absolute atomic E-state index is 0.0916. The Morgan fingerprint density at radius 1 is 1.38 bits per heavy atom. The maximum absolute atomic E-state index is 12.5. The molecule has 0 bridgehead atoms. The van der Waals surface area contributed by atoms with E-state index >= 15 is 0 Å². The molecule has 2 aromatic rings. The molecule has 0 saturated carbocycles. The third-order valence-corrected chi connectivity index (χ3v) is 5.16. The van der Waals surface area contributed by atoms with E-state index in [2.05, 4.69) is 9.88 Å². The predicted octanol–water partition coefficient (Wildman–Crippen LogP) is 2.23. The fraction of sp³-hybridized carbons (Fsp3) is 0.467. The quantitative estimate of drug-likeness (QED) is 0.872. The average molecular weight is 303 g/mol. The summed E-state index contributed by atoms with van der Waals surface area (Å²) in [6.07, 6.45) is 5.63. The Kier molecular flexibility index (Phi) is 3.27. The Hall–Kier alpha value is -1.66. The second-order valence-corrected chi connectivity index (χ2v) is 6.41. The largest absolute Gasteiger partial charge is 0.472 e. The van der Waals surface area contributed by atoms with Crippen molar-refractivity contribution < 1.29 is 9.21 Å². The summed E-state index contributed by atoms with van der Waals surface area (Å²) in [5.74, 6) is 0.0916. The molecule has 1 amide bonds. The molecule has 0 N–H and O–H groups in total. The molecule has 0 spiro atoms. The van der Waals surface area contributed by atoms with Crippen LogP contribution in [0.2, 0.25) is 0 Å². The number of fused-ring (bicyclic) bond motifs is 1. The first kappa shape index (κ1) is 13.0. The van der Waals surface area contributed by atoms with Crippen molar-refractivity contribution in [1.82, 2.24) is 14.8 Å². The third kappa shape index (κ3) is 2.28. The van der Waals surface area contributed by atoms with E-state index in [1.165, 1.54) is 16.9 Å². The smallest absolute Gasteiger partial charge is 0.273 e. The molecule has 0 aromatic carbocycles. The number of carbonyl (C=O) groups excluding carboxylic acids is 1. The van der Waals surface area contributed by atoms with Gasteiger partial charge in [-0.1, -0.05) is 0 Å². The van der Waals surface area contributed by atoms with Crippen molar-refractivity contribution in [3.05, 3.63) is 40.7 Å². The molecule has 2 atom stereocenters. The molecule has 0 aliphatic carbocycles. The molecule has 2 aliphatic heterocycles. The van der Waals surface area contributed by atoms with Crippen molar-refractivity contribution in [2.75, 3.05) is 13.1 Å². The van der Waals surface area contributed by atoms with Gasteiger partial charge in [0.2, 0.25) is 0 Å². The molecule has 0 radical (unpaired) electrons. The first-order valence-electron chi connectivity index (χ1n) is 7.27. The molecule has 21 heavy (non-hydrogen) atoms. The Morgan fingerprint density at radius 2 is 2.29 bits per heavy atom. The number of hydrogen-bond donors (Lipinski definition) is 0. The summed E-state index contributed by atoms with van der Waals surface area (Å²) in [6, 6.07) is 2.83. The van der Waals surface area contributed by atoms with Gasteiger partial charge in [-0.3, -0.25) is 9.69 Å². The van der Waals surface area contributed by atoms with Crippen LogP contribution in [0.1, 0.15) is 28.9 Å². The van der Waals surface area contributed by atoms with Gasteiger partial charge in [-0.15, -0.1) is 11.3 Å². The van der Waals surface area contributed by atoms with Gasteiger partial charge in [0.1, 0.15) is 5.69 Å². The molecule has 110 valence electrons. The SMILES string of the molecule is O=C(c1cscn1)N1CC[C@@H]2[C@@H]1CCN2Cc1ccoc1. The number of aromatic nitrogens is 1. The van der Waals surface area contributed by atoms with Crippen LogP contribution in [0.15, 0.2) is 33.9 Å². The predicted molar refractivity (Wildman–Crippen MR) is 79.1 cm³/mol. The van der Waals surface area contributed by atoms with Gasteiger partial charge in [0.25, 0.3) is 5.91 Å². The summed E-state index contributed by atoms with van der Waals surface area (Å²) in [4.78, 5) is 21.2. The Balaban J connectivity index is 1.47. The van der Waals surface area contributed by atoms with Crippen molar-refractivity contribution in [2.45, 2.75) is 31.5 Å². The van der Waals surface area contributed by atoms with Crippen molar-refractivity contribution in [1.29, 1.82) is 0 Å². The summed E-state index contributed by atoms with van der Waals surface area (Å²) in [7, 11) is 0. The number of likely N-dealkylation sites (tertiary alicyclic amines) is 2. The van der Waals surface area contributed by atoms with Crippen LogP contribution < -0.4 is 0 Å². The maximum atomic E-state index is 12.5. The van der Waals surface area contributed by atoms with Crippen LogP contribution in [0.25, 0.3) is 0 Å². The lowest BCUT2D eigenvalue weighted by Crippen LogP contribution is -2.39. The van der Waals surface area contributed by atoms with E-state index in [1.54, 1.807) is 18.0 Å². The normalized spacial score (nSPS) is 25.4. The summed E-state index contributed by atoms with van der Waals surface area (Å²) in [6.45, 7) is 2.80. The van der Waals surface area contributed by atoms with Gasteiger partial charge >= 0.3 is 0 Å². The lowest BCUT2D eigenvalue weighted by atomic mass is 10.1. The average Bonchev–Trinajstić information content (AvgIpc) is 3.26. The van der Waals surface area contributed by atoms with Crippen LogP contribution in [0.3, 0.4) is 0 Å². The molecule has 2 aromatic heterocycles. The highest BCUT2D eigenvalue weighted by atomic mass is 32.1. The highest BCUT2D eigenvalue weighted by molar-refractivity contribution is 7.07. The minimum atomic E-state index is 0.0916. The van der Waals surface area contributed by atoms with Crippen LogP contribution in [0.5, 0.6) is 0 Å². The number of nitrogens with zero attached hydrogens (tertiary/aromatic N) is 3. The van der Waals surface area contributed by atoms with E-state index in [-0.39, 0.29) is 5.91 Å². The van der Waals surface area contributed by atoms with Crippen molar-refractivity contribution >= 4 is 17.2 Å². The summed E-state index contributed by atoms with van der Waals surface area (Å²) in [5.41, 5.74) is 3.52. The number of thiazole rings is 1. The number of carbonyl (C=O) groups is 1. The topological polar surface area (TPSA) is 49.6 Å². The van der Waals surface area contributed by atoms with Gasteiger partial charge in [0.15, 0.2) is 0 Å². The second kappa shape index (κ2) is 5.27. The molecule has 4 heterocycles. The van der Waals surface area contributed by atoms with Crippen LogP contribution in [-0.4, -0.2) is 45.9 Å². The summed E-state index contributed by atoms with van der Waals surface area (Å²) in [5, 5.41) is 1.84. The van der Waals surface area contributed by atoms with E-state index in [0.717, 1.165) is 32.5 Å². The first-order valence-corrected chi connectivity index (χ1v) is 8.21. The fourth-order valence-corrected chi connectivity index (χ4v) is 4.13. The van der Waals surface area contributed by atoms with Crippen molar-refractivity contribution in [2.24, 2.45) is 0 Å². The lowest BCUT2D eigenvalue weighted by molar-refractivity contribution is 0.0726. The van der Waals surface area contributed by atoms with Crippen molar-refractivity contribution in [3.63, 3.8) is 0 Å². The van der Waals surface area contributed by atoms with Crippen LogP contribution in [0, 0.1) is 0 Å². The lowest BCUT2D eigenvalue weighted by Gasteiger charge is -2.25. The van der Waals surface area contributed by atoms with Crippen LogP contribution in [-0.2, 0) is 6.54 Å². The Labute approximate surface area is 127 Å². The highest BCUT2D eigenvalue weighted by Gasteiger charge is 2.44. The number of furan rings is 1. The van der Waals surface area contributed by atoms with Gasteiger partial charge in [-0.25, -0.2) is 4.98 Å². The molecular weight excluding hydrogens is 286 g/mol. The van der Waals surface area contributed by atoms with Gasteiger partial charge in [-0.05, 0) is 18.9 Å². The molecule has 0 unspecified atom stereocenters. The van der Waals surface area contributed by atoms with Gasteiger partial charge in [0, 0.05) is 42.7 Å². The number of hydrogen-bond acceptors (Lipinski definition) is 5. The molecule has 2 aliphatic rings. The number of amides is 1. The molecule has 2 saturated heterocycles. The maximum Gasteiger partial charge on any atom is 0.273 e. The molecular formula is C15H17N3O2S.